The molecule has 2 aliphatic rings. The molecule has 0 radical (unpaired) electrons. The third kappa shape index (κ3) is 5.45. The van der Waals surface area contributed by atoms with E-state index in [0.29, 0.717) is 17.6 Å². The predicted molar refractivity (Wildman–Crippen MR) is 150 cm³/mol. The van der Waals surface area contributed by atoms with Gasteiger partial charge in [-0.25, -0.2) is 17.9 Å². The molecular weight excluding hydrogens is 526 g/mol. The first-order valence-electron chi connectivity index (χ1n) is 12.9. The summed E-state index contributed by atoms with van der Waals surface area (Å²) < 4.78 is 28.2. The molecule has 12 heteroatoms. The van der Waals surface area contributed by atoms with Crippen LogP contribution in [-0.4, -0.2) is 84.8 Å². The second-order valence-electron chi connectivity index (χ2n) is 10.5. The molecule has 5 rings (SSSR count). The Labute approximate surface area is 228 Å². The average Bonchev–Trinajstić information content (AvgIpc) is 3.52. The largest absolute Gasteiger partial charge is 0.355 e. The fraction of sp³-hybridized carbons (Fsp3) is 0.500. The molecule has 0 unspecified atom stereocenters. The predicted octanol–water partition coefficient (Wildman–Crippen LogP) is 3.57. The van der Waals surface area contributed by atoms with Gasteiger partial charge < -0.3 is 14.7 Å². The number of halogens is 1. The number of nitrogens with zero attached hydrogens (tertiary/aromatic N) is 6. The van der Waals surface area contributed by atoms with Crippen molar-refractivity contribution in [2.75, 3.05) is 49.6 Å². The molecule has 1 amide bonds. The number of carbonyl (C=O) groups excluding carboxylic acids is 1. The highest BCUT2D eigenvalue weighted by Crippen LogP contribution is 2.34. The molecular formula is C26H34ClN7O3S. The molecule has 0 aliphatic carbocycles. The molecule has 2 aromatic heterocycles. The highest BCUT2D eigenvalue weighted by molar-refractivity contribution is 7.92. The van der Waals surface area contributed by atoms with Gasteiger partial charge in [-0.15, -0.1) is 0 Å². The Balaban J connectivity index is 1.47. The summed E-state index contributed by atoms with van der Waals surface area (Å²) in [5.74, 6) is 0.662. The van der Waals surface area contributed by atoms with Crippen molar-refractivity contribution < 1.29 is 13.2 Å². The van der Waals surface area contributed by atoms with Crippen molar-refractivity contribution >= 4 is 44.7 Å². The Kier molecular flexibility index (Phi) is 7.27. The van der Waals surface area contributed by atoms with E-state index in [9.17, 15) is 13.2 Å². The Morgan fingerprint density at radius 2 is 1.92 bits per heavy atom. The first kappa shape index (κ1) is 26.7. The zero-order valence-electron chi connectivity index (χ0n) is 22.2. The van der Waals surface area contributed by atoms with Crippen LogP contribution < -0.4 is 9.62 Å². The normalized spacial score (nSPS) is 20.5. The van der Waals surface area contributed by atoms with E-state index < -0.39 is 10.0 Å². The number of fused-ring (bicyclic) bond motifs is 1. The number of sulfonamides is 1. The molecule has 0 spiro atoms. The third-order valence-electron chi connectivity index (χ3n) is 7.44. The van der Waals surface area contributed by atoms with Gasteiger partial charge in [0.2, 0.25) is 10.0 Å². The van der Waals surface area contributed by atoms with Crippen LogP contribution in [-0.2, 0) is 10.0 Å². The summed E-state index contributed by atoms with van der Waals surface area (Å²) in [6.45, 7) is 4.46. The van der Waals surface area contributed by atoms with E-state index in [4.69, 9.17) is 21.7 Å². The van der Waals surface area contributed by atoms with Gasteiger partial charge in [0.25, 0.3) is 5.91 Å². The SMILES string of the molecule is Cc1cc(N2CC[C@@H](N(C)C)C2)nc2cc([C@@H]3CCCCN3C(=O)c3cc(Cl)ccc3NS(C)(=O)=O)nn12. The number of aryl methyl sites for hydroxylation is 1. The molecule has 3 aromatic rings. The molecule has 1 N–H and O–H groups in total. The van der Waals surface area contributed by atoms with E-state index in [1.807, 2.05) is 17.5 Å². The van der Waals surface area contributed by atoms with E-state index in [0.717, 1.165) is 67.9 Å². The lowest BCUT2D eigenvalue weighted by atomic mass is 9.98. The molecule has 1 aromatic carbocycles. The van der Waals surface area contributed by atoms with Crippen LogP contribution in [0.1, 0.15) is 53.5 Å². The van der Waals surface area contributed by atoms with Crippen LogP contribution in [0, 0.1) is 6.92 Å². The number of aromatic nitrogens is 3. The minimum atomic E-state index is -3.58. The maximum absolute atomic E-state index is 13.8. The van der Waals surface area contributed by atoms with Crippen LogP contribution >= 0.6 is 11.6 Å². The van der Waals surface area contributed by atoms with Gasteiger partial charge in [0.05, 0.1) is 29.2 Å². The van der Waals surface area contributed by atoms with E-state index in [2.05, 4.69) is 34.7 Å². The highest BCUT2D eigenvalue weighted by atomic mass is 35.5. The number of benzene rings is 1. The van der Waals surface area contributed by atoms with Gasteiger partial charge in [0.15, 0.2) is 5.65 Å². The van der Waals surface area contributed by atoms with Crippen LogP contribution in [0.3, 0.4) is 0 Å². The molecule has 2 fully saturated rings. The molecule has 2 atom stereocenters. The van der Waals surface area contributed by atoms with Crippen molar-refractivity contribution in [3.63, 3.8) is 0 Å². The molecule has 2 aliphatic heterocycles. The van der Waals surface area contributed by atoms with E-state index in [1.165, 1.54) is 12.1 Å². The summed E-state index contributed by atoms with van der Waals surface area (Å²) in [5.41, 5.74) is 2.94. The van der Waals surface area contributed by atoms with Crippen molar-refractivity contribution in [2.45, 2.75) is 44.7 Å². The Bertz CT molecular complexity index is 1470. The van der Waals surface area contributed by atoms with Gasteiger partial charge in [0, 0.05) is 48.5 Å². The van der Waals surface area contributed by atoms with Crippen LogP contribution in [0.25, 0.3) is 5.65 Å². The summed E-state index contributed by atoms with van der Waals surface area (Å²) in [6, 6.07) is 8.89. The average molecular weight is 560 g/mol. The van der Waals surface area contributed by atoms with Gasteiger partial charge in [-0.2, -0.15) is 5.10 Å². The highest BCUT2D eigenvalue weighted by Gasteiger charge is 2.33. The molecule has 4 heterocycles. The fourth-order valence-electron chi connectivity index (χ4n) is 5.44. The number of piperidine rings is 1. The van der Waals surface area contributed by atoms with Gasteiger partial charge in [0.1, 0.15) is 5.82 Å². The smallest absolute Gasteiger partial charge is 0.256 e. The Morgan fingerprint density at radius 3 is 2.63 bits per heavy atom. The zero-order valence-corrected chi connectivity index (χ0v) is 23.8. The molecule has 38 heavy (non-hydrogen) atoms. The Morgan fingerprint density at radius 1 is 1.13 bits per heavy atom. The van der Waals surface area contributed by atoms with Gasteiger partial charge >= 0.3 is 0 Å². The number of anilines is 2. The van der Waals surface area contributed by atoms with Crippen molar-refractivity contribution in [3.05, 3.63) is 52.3 Å². The second kappa shape index (κ2) is 10.3. The van der Waals surface area contributed by atoms with Crippen molar-refractivity contribution in [3.8, 4) is 0 Å². The summed E-state index contributed by atoms with van der Waals surface area (Å²) >= 11 is 6.21. The van der Waals surface area contributed by atoms with E-state index >= 15 is 0 Å². The number of hydrogen-bond acceptors (Lipinski definition) is 7. The molecule has 204 valence electrons. The van der Waals surface area contributed by atoms with Crippen molar-refractivity contribution in [1.82, 2.24) is 24.4 Å². The number of likely N-dealkylation sites (N-methyl/N-ethyl adjacent to an activating group) is 1. The van der Waals surface area contributed by atoms with Crippen molar-refractivity contribution in [1.29, 1.82) is 0 Å². The lowest BCUT2D eigenvalue weighted by Crippen LogP contribution is -2.39. The van der Waals surface area contributed by atoms with E-state index in [1.54, 1.807) is 11.0 Å². The fourth-order valence-corrected chi connectivity index (χ4v) is 6.19. The maximum atomic E-state index is 13.8. The Hall–Kier alpha value is -2.89. The monoisotopic (exact) mass is 559 g/mol. The molecule has 0 bridgehead atoms. The first-order chi connectivity index (χ1) is 18.0. The van der Waals surface area contributed by atoms with Crippen LogP contribution in [0.5, 0.6) is 0 Å². The lowest BCUT2D eigenvalue weighted by molar-refractivity contribution is 0.0607. The summed E-state index contributed by atoms with van der Waals surface area (Å²) in [6.07, 6.45) is 4.73. The van der Waals surface area contributed by atoms with Gasteiger partial charge in [-0.05, 0) is 64.9 Å². The number of likely N-dealkylation sites (tertiary alicyclic amines) is 1. The van der Waals surface area contributed by atoms with Gasteiger partial charge in [-0.3, -0.25) is 9.52 Å². The van der Waals surface area contributed by atoms with Gasteiger partial charge in [-0.1, -0.05) is 11.6 Å². The number of carbonyl (C=O) groups is 1. The minimum Gasteiger partial charge on any atom is -0.355 e. The first-order valence-corrected chi connectivity index (χ1v) is 15.1. The molecule has 0 saturated carbocycles. The summed E-state index contributed by atoms with van der Waals surface area (Å²) in [5, 5.41) is 5.23. The third-order valence-corrected chi connectivity index (χ3v) is 8.27. The van der Waals surface area contributed by atoms with Crippen molar-refractivity contribution in [2.24, 2.45) is 0 Å². The number of rotatable bonds is 6. The second-order valence-corrected chi connectivity index (χ2v) is 12.7. The number of amides is 1. The number of hydrogen-bond donors (Lipinski definition) is 1. The minimum absolute atomic E-state index is 0.213. The van der Waals surface area contributed by atoms with Crippen LogP contribution in [0.15, 0.2) is 30.3 Å². The van der Waals surface area contributed by atoms with Crippen LogP contribution in [0.2, 0.25) is 5.02 Å². The maximum Gasteiger partial charge on any atom is 0.256 e. The van der Waals surface area contributed by atoms with E-state index in [-0.39, 0.29) is 23.2 Å². The summed E-state index contributed by atoms with van der Waals surface area (Å²) in [4.78, 5) is 25.1. The summed E-state index contributed by atoms with van der Waals surface area (Å²) in [7, 11) is 0.644. The standard InChI is InChI=1S/C26H34ClN7O3S/c1-17-13-24(32-12-10-19(16-32)31(2)3)28-25-15-22(29-34(17)25)23-7-5-6-11-33(23)26(35)20-14-18(27)8-9-21(20)30-38(4,36)37/h8-9,13-15,19,23,30H,5-7,10-12,16H2,1-4H3/t19-,23+/m1/s1. The quantitative estimate of drug-likeness (QED) is 0.492. The van der Waals surface area contributed by atoms with Crippen LogP contribution in [0.4, 0.5) is 11.5 Å². The molecule has 10 nitrogen and oxygen atoms in total. The number of nitrogens with one attached hydrogen (secondary N) is 1. The topological polar surface area (TPSA) is 103 Å². The molecule has 2 saturated heterocycles. The zero-order chi connectivity index (χ0) is 27.2. The lowest BCUT2D eigenvalue weighted by Gasteiger charge is -2.35.